The molecule has 0 bridgehead atoms. The van der Waals surface area contributed by atoms with E-state index in [0.29, 0.717) is 6.10 Å². The highest BCUT2D eigenvalue weighted by Gasteiger charge is 2.20. The Bertz CT molecular complexity index is 646. The molecule has 2 fully saturated rings. The van der Waals surface area contributed by atoms with Crippen molar-refractivity contribution in [2.24, 2.45) is 0 Å². The Kier molecular flexibility index (Phi) is 5.77. The lowest BCUT2D eigenvalue weighted by Gasteiger charge is -2.34. The topological polar surface area (TPSA) is 28.6 Å². The van der Waals surface area contributed by atoms with Crippen LogP contribution in [0.4, 0.5) is 0 Å². The fourth-order valence-corrected chi connectivity index (χ4v) is 4.80. The normalized spacial score (nSPS) is 23.0. The molecule has 2 aromatic rings. The lowest BCUT2D eigenvalue weighted by molar-refractivity contribution is 0.0172. The van der Waals surface area contributed by atoms with E-state index in [1.54, 1.807) is 0 Å². The highest BCUT2D eigenvalue weighted by molar-refractivity contribution is 7.12. The Balaban J connectivity index is 1.25. The van der Waals surface area contributed by atoms with Crippen LogP contribution in [0.15, 0.2) is 36.5 Å². The maximum Gasteiger partial charge on any atom is 0.0916 e. The number of nitrogens with zero attached hydrogens (tertiary/aromatic N) is 3. The van der Waals surface area contributed by atoms with Gasteiger partial charge in [0.15, 0.2) is 0 Å². The predicted molar refractivity (Wildman–Crippen MR) is 102 cm³/mol. The van der Waals surface area contributed by atoms with Gasteiger partial charge in [0.25, 0.3) is 0 Å². The zero-order valence-electron chi connectivity index (χ0n) is 14.8. The minimum atomic E-state index is 0.350. The second-order valence-corrected chi connectivity index (χ2v) is 8.23. The van der Waals surface area contributed by atoms with Crippen LogP contribution in [-0.4, -0.2) is 47.6 Å². The zero-order valence-corrected chi connectivity index (χ0v) is 15.6. The molecule has 0 aliphatic carbocycles. The van der Waals surface area contributed by atoms with Gasteiger partial charge in [-0.25, -0.2) is 0 Å². The molecule has 4 heterocycles. The molecule has 4 nitrogen and oxygen atoms in total. The summed E-state index contributed by atoms with van der Waals surface area (Å²) in [7, 11) is 0. The molecule has 0 radical (unpaired) electrons. The van der Waals surface area contributed by atoms with Crippen molar-refractivity contribution in [1.29, 1.82) is 0 Å². The minimum absolute atomic E-state index is 0.350. The van der Waals surface area contributed by atoms with Gasteiger partial charge in [0.1, 0.15) is 0 Å². The number of pyridine rings is 1. The molecule has 0 N–H and O–H groups in total. The van der Waals surface area contributed by atoms with Gasteiger partial charge in [-0.05, 0) is 43.5 Å². The number of rotatable bonds is 5. The monoisotopic (exact) mass is 357 g/mol. The number of hydrogen-bond donors (Lipinski definition) is 0. The van der Waals surface area contributed by atoms with E-state index in [9.17, 15) is 0 Å². The molecule has 25 heavy (non-hydrogen) atoms. The zero-order chi connectivity index (χ0) is 16.9. The van der Waals surface area contributed by atoms with E-state index in [1.807, 2.05) is 23.6 Å². The van der Waals surface area contributed by atoms with Gasteiger partial charge in [0, 0.05) is 61.8 Å². The summed E-state index contributed by atoms with van der Waals surface area (Å²) >= 11 is 1.95. The van der Waals surface area contributed by atoms with Crippen LogP contribution in [0.1, 0.15) is 40.8 Å². The Morgan fingerprint density at radius 3 is 2.56 bits per heavy atom. The third-order valence-corrected chi connectivity index (χ3v) is 6.30. The summed E-state index contributed by atoms with van der Waals surface area (Å²) in [5.41, 5.74) is 1.17. The van der Waals surface area contributed by atoms with Gasteiger partial charge in [-0.3, -0.25) is 14.8 Å². The minimum Gasteiger partial charge on any atom is -0.373 e. The molecule has 0 spiro atoms. The van der Waals surface area contributed by atoms with E-state index in [1.165, 1.54) is 34.7 Å². The van der Waals surface area contributed by atoms with Crippen LogP contribution in [-0.2, 0) is 17.8 Å². The summed E-state index contributed by atoms with van der Waals surface area (Å²) in [4.78, 5) is 12.4. The molecule has 0 unspecified atom stereocenters. The van der Waals surface area contributed by atoms with Crippen molar-refractivity contribution in [2.75, 3.05) is 32.8 Å². The van der Waals surface area contributed by atoms with Crippen LogP contribution < -0.4 is 0 Å². The maximum absolute atomic E-state index is 5.92. The number of hydrogen-bond acceptors (Lipinski definition) is 5. The first-order valence-electron chi connectivity index (χ1n) is 9.42. The quantitative estimate of drug-likeness (QED) is 0.816. The molecule has 134 valence electrons. The van der Waals surface area contributed by atoms with Gasteiger partial charge in [-0.2, -0.15) is 0 Å². The smallest absolute Gasteiger partial charge is 0.0916 e. The Labute approximate surface area is 154 Å². The van der Waals surface area contributed by atoms with Crippen molar-refractivity contribution in [1.82, 2.24) is 14.8 Å². The Hall–Kier alpha value is -1.27. The molecule has 4 rings (SSSR count). The fraction of sp³-hybridized carbons (Fsp3) is 0.550. The first kappa shape index (κ1) is 17.2. The summed E-state index contributed by atoms with van der Waals surface area (Å²) in [5.74, 6) is 0. The molecule has 2 aliphatic rings. The van der Waals surface area contributed by atoms with Gasteiger partial charge in [0.05, 0.1) is 11.8 Å². The predicted octanol–water partition coefficient (Wildman–Crippen LogP) is 3.70. The van der Waals surface area contributed by atoms with E-state index in [-0.39, 0.29) is 0 Å². The van der Waals surface area contributed by atoms with Crippen LogP contribution in [0.5, 0.6) is 0 Å². The van der Waals surface area contributed by atoms with E-state index >= 15 is 0 Å². The number of aromatic nitrogens is 1. The Morgan fingerprint density at radius 2 is 1.84 bits per heavy atom. The summed E-state index contributed by atoms with van der Waals surface area (Å²) in [6, 6.07) is 10.8. The first-order chi connectivity index (χ1) is 12.4. The summed E-state index contributed by atoms with van der Waals surface area (Å²) < 4.78 is 5.92. The van der Waals surface area contributed by atoms with Crippen molar-refractivity contribution in [3.05, 3.63) is 52.0 Å². The molecule has 2 aromatic heterocycles. The van der Waals surface area contributed by atoms with Gasteiger partial charge in [-0.1, -0.05) is 6.07 Å². The van der Waals surface area contributed by atoms with Crippen LogP contribution in [0.2, 0.25) is 0 Å². The van der Waals surface area contributed by atoms with Crippen LogP contribution in [0, 0.1) is 0 Å². The number of piperazine rings is 1. The largest absolute Gasteiger partial charge is 0.373 e. The highest BCUT2D eigenvalue weighted by Crippen LogP contribution is 2.33. The summed E-state index contributed by atoms with van der Waals surface area (Å²) in [6.07, 6.45) is 5.94. The molecule has 2 saturated heterocycles. The fourth-order valence-electron chi connectivity index (χ4n) is 3.66. The van der Waals surface area contributed by atoms with E-state index in [2.05, 4.69) is 39.0 Å². The second kappa shape index (κ2) is 8.41. The molecule has 5 heteroatoms. The van der Waals surface area contributed by atoms with Gasteiger partial charge >= 0.3 is 0 Å². The van der Waals surface area contributed by atoms with Crippen molar-refractivity contribution < 1.29 is 4.74 Å². The summed E-state index contributed by atoms with van der Waals surface area (Å²) in [5, 5.41) is 0. The van der Waals surface area contributed by atoms with Gasteiger partial charge < -0.3 is 4.74 Å². The van der Waals surface area contributed by atoms with Crippen molar-refractivity contribution in [3.8, 4) is 0 Å². The molecular formula is C20H27N3OS. The van der Waals surface area contributed by atoms with Crippen molar-refractivity contribution in [3.63, 3.8) is 0 Å². The summed E-state index contributed by atoms with van der Waals surface area (Å²) in [6.45, 7) is 7.50. The van der Waals surface area contributed by atoms with Gasteiger partial charge in [-0.15, -0.1) is 11.3 Å². The first-order valence-corrected chi connectivity index (χ1v) is 10.2. The molecule has 2 aliphatic heterocycles. The lowest BCUT2D eigenvalue weighted by Crippen LogP contribution is -2.45. The highest BCUT2D eigenvalue weighted by atomic mass is 32.1. The molecule has 1 atom stereocenters. The van der Waals surface area contributed by atoms with Crippen molar-refractivity contribution >= 4 is 11.3 Å². The maximum atomic E-state index is 5.92. The molecule has 0 aromatic carbocycles. The molecule has 0 amide bonds. The SMILES string of the molecule is c1ccc(CN2CCN(Cc3ccc([C@@H]4CCCCO4)s3)CC2)nc1. The van der Waals surface area contributed by atoms with Crippen LogP contribution in [0.3, 0.4) is 0 Å². The molecule has 0 saturated carbocycles. The van der Waals surface area contributed by atoms with E-state index < -0.39 is 0 Å². The third-order valence-electron chi connectivity index (χ3n) is 5.14. The Morgan fingerprint density at radius 1 is 1.00 bits per heavy atom. The second-order valence-electron chi connectivity index (χ2n) is 7.03. The van der Waals surface area contributed by atoms with Gasteiger partial charge in [0.2, 0.25) is 0 Å². The van der Waals surface area contributed by atoms with E-state index in [4.69, 9.17) is 4.74 Å². The van der Waals surface area contributed by atoms with Crippen LogP contribution >= 0.6 is 11.3 Å². The third kappa shape index (κ3) is 4.67. The number of thiophene rings is 1. The average Bonchev–Trinajstić information content (AvgIpc) is 3.14. The lowest BCUT2D eigenvalue weighted by atomic mass is 10.1. The molecular weight excluding hydrogens is 330 g/mol. The average molecular weight is 358 g/mol. The standard InChI is InChI=1S/C20H27N3OS/c1-3-9-21-17(5-1)15-22-10-12-23(13-11-22)16-18-7-8-20(25-18)19-6-2-4-14-24-19/h1,3,5,7-9,19H,2,4,6,10-16H2/t19-/m0/s1. The van der Waals surface area contributed by atoms with Crippen LogP contribution in [0.25, 0.3) is 0 Å². The van der Waals surface area contributed by atoms with E-state index in [0.717, 1.165) is 45.9 Å². The number of ether oxygens (including phenoxy) is 1. The van der Waals surface area contributed by atoms with Crippen molar-refractivity contribution in [2.45, 2.75) is 38.5 Å².